The van der Waals surface area contributed by atoms with Crippen LogP contribution in [0.25, 0.3) is 82.4 Å². The predicted octanol–water partition coefficient (Wildman–Crippen LogP) is 12.8. The van der Waals surface area contributed by atoms with E-state index in [0.717, 1.165) is 29.0 Å². The van der Waals surface area contributed by atoms with Gasteiger partial charge in [-0.3, -0.25) is 4.57 Å². The average Bonchev–Trinajstić information content (AvgIpc) is 3.82. The number of nitrogens with zero attached hydrogens (tertiary/aromatic N) is 3. The molecule has 0 aliphatic heterocycles. The van der Waals surface area contributed by atoms with Crippen LogP contribution in [0.5, 0.6) is 0 Å². The van der Waals surface area contributed by atoms with E-state index in [1.165, 1.54) is 69.8 Å². The Morgan fingerprint density at radius 1 is 0.549 bits per heavy atom. The van der Waals surface area contributed by atoms with E-state index in [0.29, 0.717) is 0 Å². The van der Waals surface area contributed by atoms with Gasteiger partial charge >= 0.3 is 0 Å². The maximum Gasteiger partial charge on any atom is 0.145 e. The standard InChI is InChI=1S/C47H33N3S/c1-2-12-38-39-19-5-8-23-45(39)51-46(38)28-31-13-9-14-32(27-31)33-15-10-16-34(29-33)49-42-21-6-4-18-37(42)41-30-35(24-25-44(41)49)50-43-22-7-3-17-36(43)40-20-11-26-48-47(40)50/h2-27,29-30H,28H2,1H3/b12-2-. The van der Waals surface area contributed by atoms with Gasteiger partial charge in [-0.15, -0.1) is 11.3 Å². The fourth-order valence-corrected chi connectivity index (χ4v) is 9.13. The Kier molecular flexibility index (Phi) is 6.97. The van der Waals surface area contributed by atoms with Crippen molar-refractivity contribution in [2.24, 2.45) is 0 Å². The van der Waals surface area contributed by atoms with Gasteiger partial charge in [-0.1, -0.05) is 103 Å². The Labute approximate surface area is 300 Å². The van der Waals surface area contributed by atoms with Gasteiger partial charge in [0.2, 0.25) is 0 Å². The minimum Gasteiger partial charge on any atom is -0.309 e. The number of fused-ring (bicyclic) bond motifs is 7. The minimum atomic E-state index is 0.906. The maximum absolute atomic E-state index is 4.84. The van der Waals surface area contributed by atoms with Crippen molar-refractivity contribution in [3.05, 3.63) is 180 Å². The van der Waals surface area contributed by atoms with Crippen LogP contribution in [0.3, 0.4) is 0 Å². The molecule has 10 aromatic rings. The zero-order valence-corrected chi connectivity index (χ0v) is 28.9. The quantitative estimate of drug-likeness (QED) is 0.172. The first-order valence-corrected chi connectivity index (χ1v) is 18.3. The van der Waals surface area contributed by atoms with Gasteiger partial charge in [0.05, 0.1) is 16.6 Å². The fourth-order valence-electron chi connectivity index (χ4n) is 7.90. The van der Waals surface area contributed by atoms with E-state index >= 15 is 0 Å². The highest BCUT2D eigenvalue weighted by atomic mass is 32.1. The molecule has 0 unspecified atom stereocenters. The van der Waals surface area contributed by atoms with Crippen molar-refractivity contribution in [3.8, 4) is 22.5 Å². The molecule has 0 saturated carbocycles. The summed E-state index contributed by atoms with van der Waals surface area (Å²) < 4.78 is 6.05. The summed E-state index contributed by atoms with van der Waals surface area (Å²) in [5.74, 6) is 0. The number of rotatable bonds is 6. The van der Waals surface area contributed by atoms with Crippen molar-refractivity contribution in [2.75, 3.05) is 0 Å². The smallest absolute Gasteiger partial charge is 0.145 e. The third-order valence-corrected chi connectivity index (χ3v) is 11.3. The molecular formula is C47H33N3S. The predicted molar refractivity (Wildman–Crippen MR) is 218 cm³/mol. The van der Waals surface area contributed by atoms with E-state index in [2.05, 4.69) is 174 Å². The van der Waals surface area contributed by atoms with Crippen LogP contribution in [0.2, 0.25) is 0 Å². The second-order valence-electron chi connectivity index (χ2n) is 13.1. The van der Waals surface area contributed by atoms with E-state index in [9.17, 15) is 0 Å². The van der Waals surface area contributed by atoms with Gasteiger partial charge in [0.15, 0.2) is 0 Å². The van der Waals surface area contributed by atoms with Gasteiger partial charge in [0.25, 0.3) is 0 Å². The lowest BCUT2D eigenvalue weighted by Gasteiger charge is -2.12. The number of allylic oxidation sites excluding steroid dienone is 1. The van der Waals surface area contributed by atoms with Crippen molar-refractivity contribution >= 4 is 71.2 Å². The van der Waals surface area contributed by atoms with Crippen LogP contribution in [-0.2, 0) is 6.42 Å². The molecule has 6 aromatic carbocycles. The van der Waals surface area contributed by atoms with Crippen LogP contribution in [0.1, 0.15) is 22.9 Å². The van der Waals surface area contributed by atoms with Gasteiger partial charge in [-0.05, 0) is 95.2 Å². The van der Waals surface area contributed by atoms with Crippen LogP contribution in [-0.4, -0.2) is 14.1 Å². The number of hydrogen-bond acceptors (Lipinski definition) is 2. The van der Waals surface area contributed by atoms with Crippen LogP contribution in [0, 0.1) is 0 Å². The number of para-hydroxylation sites is 2. The molecule has 0 aliphatic rings. The summed E-state index contributed by atoms with van der Waals surface area (Å²) in [4.78, 5) is 6.24. The molecule has 0 N–H and O–H groups in total. The normalized spacial score (nSPS) is 12.0. The molecular weight excluding hydrogens is 639 g/mol. The molecule has 0 amide bonds. The highest BCUT2D eigenvalue weighted by Crippen LogP contribution is 2.38. The Balaban J connectivity index is 1.08. The molecule has 0 saturated heterocycles. The van der Waals surface area contributed by atoms with Gasteiger partial charge in [0.1, 0.15) is 5.65 Å². The van der Waals surface area contributed by atoms with E-state index in [-0.39, 0.29) is 0 Å². The highest BCUT2D eigenvalue weighted by molar-refractivity contribution is 7.19. The van der Waals surface area contributed by atoms with Crippen molar-refractivity contribution in [1.82, 2.24) is 14.1 Å². The summed E-state index contributed by atoms with van der Waals surface area (Å²) in [6, 6.07) is 55.1. The second kappa shape index (κ2) is 12.0. The number of aromatic nitrogens is 3. The Morgan fingerprint density at radius 2 is 1.22 bits per heavy atom. The van der Waals surface area contributed by atoms with Crippen LogP contribution in [0.15, 0.2) is 164 Å². The average molecular weight is 672 g/mol. The zero-order chi connectivity index (χ0) is 33.9. The van der Waals surface area contributed by atoms with Gasteiger partial charge < -0.3 is 4.57 Å². The number of thiophene rings is 1. The van der Waals surface area contributed by atoms with Gasteiger partial charge in [-0.25, -0.2) is 4.98 Å². The largest absolute Gasteiger partial charge is 0.309 e. The topological polar surface area (TPSA) is 22.8 Å². The minimum absolute atomic E-state index is 0.906. The van der Waals surface area contributed by atoms with Crippen LogP contribution >= 0.6 is 11.3 Å². The molecule has 0 atom stereocenters. The van der Waals surface area contributed by atoms with E-state index in [1.54, 1.807) is 0 Å². The molecule has 4 heterocycles. The van der Waals surface area contributed by atoms with E-state index < -0.39 is 0 Å². The molecule has 4 heteroatoms. The molecule has 3 nitrogen and oxygen atoms in total. The highest BCUT2D eigenvalue weighted by Gasteiger charge is 2.17. The summed E-state index contributed by atoms with van der Waals surface area (Å²) in [5, 5.41) is 6.17. The first kappa shape index (κ1) is 29.7. The van der Waals surface area contributed by atoms with Crippen molar-refractivity contribution in [2.45, 2.75) is 13.3 Å². The number of hydrogen-bond donors (Lipinski definition) is 0. The molecule has 0 radical (unpaired) electrons. The van der Waals surface area contributed by atoms with Gasteiger partial charge in [-0.2, -0.15) is 0 Å². The molecule has 0 bridgehead atoms. The molecule has 10 rings (SSSR count). The molecule has 242 valence electrons. The van der Waals surface area contributed by atoms with E-state index in [1.807, 2.05) is 23.6 Å². The maximum atomic E-state index is 4.84. The third-order valence-electron chi connectivity index (χ3n) is 10.1. The van der Waals surface area contributed by atoms with Crippen molar-refractivity contribution < 1.29 is 0 Å². The van der Waals surface area contributed by atoms with Crippen molar-refractivity contribution in [3.63, 3.8) is 0 Å². The molecule has 0 fully saturated rings. The zero-order valence-electron chi connectivity index (χ0n) is 28.1. The number of pyridine rings is 1. The molecule has 4 aromatic heterocycles. The lowest BCUT2D eigenvalue weighted by molar-refractivity contribution is 1.13. The number of benzene rings is 6. The van der Waals surface area contributed by atoms with Crippen LogP contribution in [0.4, 0.5) is 0 Å². The lowest BCUT2D eigenvalue weighted by atomic mass is 9.99. The van der Waals surface area contributed by atoms with Crippen molar-refractivity contribution in [1.29, 1.82) is 0 Å². The SMILES string of the molecule is C/C=C\c1c(Cc2cccc(-c3cccc(-n4c5ccccc5c5cc(-n6c7ccccc7c7cccnc76)ccc54)c3)c2)sc2ccccc12. The first-order valence-electron chi connectivity index (χ1n) is 17.5. The molecule has 0 aliphatic carbocycles. The summed E-state index contributed by atoms with van der Waals surface area (Å²) in [7, 11) is 0. The van der Waals surface area contributed by atoms with Crippen LogP contribution < -0.4 is 0 Å². The summed E-state index contributed by atoms with van der Waals surface area (Å²) >= 11 is 1.90. The monoisotopic (exact) mass is 671 g/mol. The Morgan fingerprint density at radius 3 is 2.06 bits per heavy atom. The second-order valence-corrected chi connectivity index (χ2v) is 14.3. The first-order chi connectivity index (χ1) is 25.2. The van der Waals surface area contributed by atoms with E-state index in [4.69, 9.17) is 4.98 Å². The summed E-state index contributed by atoms with van der Waals surface area (Å²) in [5.41, 5.74) is 11.9. The summed E-state index contributed by atoms with van der Waals surface area (Å²) in [6.07, 6.45) is 7.20. The molecule has 51 heavy (non-hydrogen) atoms. The van der Waals surface area contributed by atoms with Gasteiger partial charge in [0, 0.05) is 55.1 Å². The molecule has 0 spiro atoms. The Hall–Kier alpha value is -6.23. The lowest BCUT2D eigenvalue weighted by Crippen LogP contribution is -1.97. The fraction of sp³-hybridized carbons (Fsp3) is 0.0426. The summed E-state index contributed by atoms with van der Waals surface area (Å²) in [6.45, 7) is 2.10. The third kappa shape index (κ3) is 4.83. The Bertz CT molecular complexity index is 2920.